The van der Waals surface area contributed by atoms with E-state index in [1.807, 2.05) is 91.7 Å². The molecule has 1 heterocycles. The van der Waals surface area contributed by atoms with Crippen LogP contribution in [0.15, 0.2) is 114 Å². The SMILES string of the molecule is C=C/N=C1\C(=C(/C)Oc2ccc(NC(=O)Cc3ccc(C)cc3)cc2)C=CN1c1ccccc1C. The van der Waals surface area contributed by atoms with Crippen LogP contribution in [0.3, 0.4) is 0 Å². The molecule has 3 aromatic carbocycles. The molecule has 176 valence electrons. The van der Waals surface area contributed by atoms with Crippen LogP contribution < -0.4 is 15.0 Å². The summed E-state index contributed by atoms with van der Waals surface area (Å²) in [5, 5.41) is 2.94. The fourth-order valence-corrected chi connectivity index (χ4v) is 3.88. The zero-order valence-electron chi connectivity index (χ0n) is 20.3. The first-order chi connectivity index (χ1) is 16.9. The Bertz CT molecular complexity index is 1320. The molecule has 0 fully saturated rings. The average Bonchev–Trinajstić information content (AvgIpc) is 3.26. The van der Waals surface area contributed by atoms with Crippen LogP contribution in [-0.4, -0.2) is 11.7 Å². The molecule has 0 spiro atoms. The van der Waals surface area contributed by atoms with Crippen LogP contribution in [0.4, 0.5) is 11.4 Å². The van der Waals surface area contributed by atoms with Crippen LogP contribution in [0.5, 0.6) is 5.75 Å². The number of rotatable bonds is 7. The Morgan fingerprint density at radius 2 is 1.74 bits per heavy atom. The molecule has 1 amide bonds. The van der Waals surface area contributed by atoms with Gasteiger partial charge in [-0.25, -0.2) is 4.99 Å². The molecule has 0 bridgehead atoms. The molecule has 0 unspecified atom stereocenters. The van der Waals surface area contributed by atoms with E-state index < -0.39 is 0 Å². The lowest BCUT2D eigenvalue weighted by molar-refractivity contribution is -0.115. The zero-order chi connectivity index (χ0) is 24.8. The maximum Gasteiger partial charge on any atom is 0.228 e. The molecule has 0 atom stereocenters. The third-order valence-electron chi connectivity index (χ3n) is 5.72. The van der Waals surface area contributed by atoms with E-state index in [1.165, 1.54) is 11.8 Å². The van der Waals surface area contributed by atoms with Crippen molar-refractivity contribution in [2.75, 3.05) is 10.2 Å². The van der Waals surface area contributed by atoms with Gasteiger partial charge in [0.05, 0.1) is 12.0 Å². The lowest BCUT2D eigenvalue weighted by Gasteiger charge is -2.20. The molecule has 4 rings (SSSR count). The highest BCUT2D eigenvalue weighted by Crippen LogP contribution is 2.29. The minimum atomic E-state index is -0.0570. The zero-order valence-corrected chi connectivity index (χ0v) is 20.3. The van der Waals surface area contributed by atoms with Crippen LogP contribution >= 0.6 is 0 Å². The summed E-state index contributed by atoms with van der Waals surface area (Å²) in [5.41, 5.74) is 5.96. The number of carbonyl (C=O) groups excluding carboxylic acids is 1. The van der Waals surface area contributed by atoms with Gasteiger partial charge in [-0.15, -0.1) is 0 Å². The number of anilines is 2. The van der Waals surface area contributed by atoms with Crippen molar-refractivity contribution in [3.8, 4) is 5.75 Å². The summed E-state index contributed by atoms with van der Waals surface area (Å²) in [6.07, 6.45) is 5.84. The van der Waals surface area contributed by atoms with E-state index in [4.69, 9.17) is 4.74 Å². The first kappa shape index (κ1) is 23.8. The number of nitrogens with zero attached hydrogens (tertiary/aromatic N) is 2. The largest absolute Gasteiger partial charge is 0.461 e. The van der Waals surface area contributed by atoms with E-state index in [1.54, 1.807) is 0 Å². The van der Waals surface area contributed by atoms with Crippen LogP contribution in [0.2, 0.25) is 0 Å². The summed E-state index contributed by atoms with van der Waals surface area (Å²) in [4.78, 5) is 18.9. The standard InChI is InChI=1S/C30H29N3O2/c1-5-31-30-27(18-19-33(30)28-9-7-6-8-22(28)3)23(4)35-26-16-14-25(15-17-26)32-29(34)20-24-12-10-21(2)11-13-24/h5-19H,1,20H2,2-4H3,(H,32,34)/b27-23+,31-30+. The molecule has 5 nitrogen and oxygen atoms in total. The number of amides is 1. The number of ether oxygens (including phenoxy) is 1. The maximum absolute atomic E-state index is 12.4. The summed E-state index contributed by atoms with van der Waals surface area (Å²) in [7, 11) is 0. The minimum absolute atomic E-state index is 0.0570. The molecule has 3 aromatic rings. The van der Waals surface area contributed by atoms with Crippen molar-refractivity contribution in [3.63, 3.8) is 0 Å². The lowest BCUT2D eigenvalue weighted by Crippen LogP contribution is -2.23. The van der Waals surface area contributed by atoms with Crippen LogP contribution in [-0.2, 0) is 11.2 Å². The number of aryl methyl sites for hydroxylation is 2. The topological polar surface area (TPSA) is 53.9 Å². The number of benzene rings is 3. The Hall–Kier alpha value is -4.38. The predicted molar refractivity (Wildman–Crippen MR) is 144 cm³/mol. The lowest BCUT2D eigenvalue weighted by atomic mass is 10.1. The fraction of sp³-hybridized carbons (Fsp3) is 0.133. The summed E-state index contributed by atoms with van der Waals surface area (Å²) in [5.74, 6) is 2.09. The molecule has 1 aliphatic heterocycles. The summed E-state index contributed by atoms with van der Waals surface area (Å²) >= 11 is 0. The van der Waals surface area contributed by atoms with Gasteiger partial charge in [0.25, 0.3) is 0 Å². The van der Waals surface area contributed by atoms with Gasteiger partial charge in [0.2, 0.25) is 5.91 Å². The Labute approximate surface area is 206 Å². The van der Waals surface area contributed by atoms with Crippen LogP contribution in [0, 0.1) is 13.8 Å². The van der Waals surface area contributed by atoms with Crippen molar-refractivity contribution in [1.82, 2.24) is 0 Å². The molecule has 5 heteroatoms. The van der Waals surface area contributed by atoms with Gasteiger partial charge in [-0.2, -0.15) is 0 Å². The van der Waals surface area contributed by atoms with Crippen molar-refractivity contribution >= 4 is 23.1 Å². The van der Waals surface area contributed by atoms with Gasteiger partial charge in [-0.05, 0) is 68.3 Å². The summed E-state index contributed by atoms with van der Waals surface area (Å²) in [6.45, 7) is 9.79. The van der Waals surface area contributed by atoms with Gasteiger partial charge in [-0.1, -0.05) is 54.6 Å². The Kier molecular flexibility index (Phi) is 7.27. The molecule has 0 saturated carbocycles. The van der Waals surface area contributed by atoms with Gasteiger partial charge >= 0.3 is 0 Å². The van der Waals surface area contributed by atoms with Crippen LogP contribution in [0.1, 0.15) is 23.6 Å². The van der Waals surface area contributed by atoms with Crippen molar-refractivity contribution in [3.05, 3.63) is 126 Å². The minimum Gasteiger partial charge on any atom is -0.461 e. The molecule has 35 heavy (non-hydrogen) atoms. The third kappa shape index (κ3) is 5.76. The van der Waals surface area contributed by atoms with Gasteiger partial charge in [0.1, 0.15) is 17.3 Å². The number of amidine groups is 1. The fourth-order valence-electron chi connectivity index (χ4n) is 3.88. The number of aliphatic imine (C=N–C) groups is 1. The molecule has 0 radical (unpaired) electrons. The smallest absolute Gasteiger partial charge is 0.228 e. The van der Waals surface area contributed by atoms with E-state index in [0.717, 1.165) is 33.9 Å². The number of hydrogen-bond donors (Lipinski definition) is 1. The van der Waals surface area contributed by atoms with E-state index in [2.05, 4.69) is 35.9 Å². The van der Waals surface area contributed by atoms with E-state index in [-0.39, 0.29) is 5.91 Å². The van der Waals surface area contributed by atoms with Crippen molar-refractivity contribution in [2.45, 2.75) is 27.2 Å². The molecule has 0 aliphatic carbocycles. The normalized spacial score (nSPS) is 15.3. The predicted octanol–water partition coefficient (Wildman–Crippen LogP) is 6.71. The van der Waals surface area contributed by atoms with Crippen molar-refractivity contribution < 1.29 is 9.53 Å². The summed E-state index contributed by atoms with van der Waals surface area (Å²) in [6, 6.07) is 23.5. The van der Waals surface area contributed by atoms with Crippen molar-refractivity contribution in [2.24, 2.45) is 4.99 Å². The number of carbonyl (C=O) groups is 1. The highest BCUT2D eigenvalue weighted by Gasteiger charge is 2.23. The second-order valence-corrected chi connectivity index (χ2v) is 8.41. The highest BCUT2D eigenvalue weighted by molar-refractivity contribution is 6.16. The maximum atomic E-state index is 12.4. The van der Waals surface area contributed by atoms with Crippen LogP contribution in [0.25, 0.3) is 0 Å². The first-order valence-electron chi connectivity index (χ1n) is 11.5. The Morgan fingerprint density at radius 1 is 1.03 bits per heavy atom. The average molecular weight is 464 g/mol. The first-order valence-corrected chi connectivity index (χ1v) is 11.5. The summed E-state index contributed by atoms with van der Waals surface area (Å²) < 4.78 is 6.13. The molecule has 0 saturated heterocycles. The second kappa shape index (κ2) is 10.7. The third-order valence-corrected chi connectivity index (χ3v) is 5.72. The van der Waals surface area contributed by atoms with Gasteiger partial charge < -0.3 is 15.0 Å². The second-order valence-electron chi connectivity index (χ2n) is 8.41. The number of hydrogen-bond acceptors (Lipinski definition) is 3. The van der Waals surface area contributed by atoms with Gasteiger partial charge in [0.15, 0.2) is 0 Å². The van der Waals surface area contributed by atoms with Gasteiger partial charge in [0, 0.05) is 23.8 Å². The number of allylic oxidation sites excluding steroid dienone is 1. The Balaban J connectivity index is 1.44. The Morgan fingerprint density at radius 3 is 2.43 bits per heavy atom. The molecule has 1 aliphatic rings. The van der Waals surface area contributed by atoms with E-state index >= 15 is 0 Å². The van der Waals surface area contributed by atoms with E-state index in [9.17, 15) is 4.79 Å². The van der Waals surface area contributed by atoms with Crippen molar-refractivity contribution in [1.29, 1.82) is 0 Å². The molecular formula is C30H29N3O2. The molecule has 0 aromatic heterocycles. The van der Waals surface area contributed by atoms with E-state index in [0.29, 0.717) is 17.9 Å². The monoisotopic (exact) mass is 463 g/mol. The van der Waals surface area contributed by atoms with Gasteiger partial charge in [-0.3, -0.25) is 4.79 Å². The molecule has 1 N–H and O–H groups in total. The number of nitrogens with one attached hydrogen (secondary N) is 1. The highest BCUT2D eigenvalue weighted by atomic mass is 16.5. The quantitative estimate of drug-likeness (QED) is 0.396. The molecular weight excluding hydrogens is 434 g/mol. The number of para-hydroxylation sites is 1.